The molecule has 1 aliphatic carbocycles. The summed E-state index contributed by atoms with van der Waals surface area (Å²) in [4.78, 5) is 40.5. The first-order valence-electron chi connectivity index (χ1n) is 9.87. The van der Waals surface area contributed by atoms with E-state index in [4.69, 9.17) is 11.6 Å². The van der Waals surface area contributed by atoms with Gasteiger partial charge in [0.2, 0.25) is 5.91 Å². The lowest BCUT2D eigenvalue weighted by Crippen LogP contribution is -2.50. The molecule has 0 unspecified atom stereocenters. The number of amides is 3. The molecule has 2 aliphatic rings. The van der Waals surface area contributed by atoms with Gasteiger partial charge in [-0.25, -0.2) is 4.39 Å². The fourth-order valence-electron chi connectivity index (χ4n) is 3.41. The topological polar surface area (TPSA) is 69.7 Å². The molecule has 3 amide bonds. The van der Waals surface area contributed by atoms with E-state index in [2.05, 4.69) is 5.32 Å². The molecule has 1 N–H and O–H groups in total. The lowest BCUT2D eigenvalue weighted by atomic mass is 10.1. The van der Waals surface area contributed by atoms with Crippen LogP contribution >= 0.6 is 11.6 Å². The monoisotopic (exact) mass is 429 g/mol. The number of rotatable bonds is 4. The minimum Gasteiger partial charge on any atom is -0.335 e. The van der Waals surface area contributed by atoms with E-state index in [1.165, 1.54) is 12.1 Å². The van der Waals surface area contributed by atoms with Gasteiger partial charge in [0.15, 0.2) is 0 Å². The average Bonchev–Trinajstić information content (AvgIpc) is 3.59. The van der Waals surface area contributed by atoms with Crippen LogP contribution in [-0.2, 0) is 4.79 Å². The van der Waals surface area contributed by atoms with Crippen molar-refractivity contribution in [2.75, 3.05) is 31.5 Å². The highest BCUT2D eigenvalue weighted by Gasteiger charge is 2.30. The molecule has 0 radical (unpaired) electrons. The molecule has 0 bridgehead atoms. The first-order chi connectivity index (χ1) is 14.4. The molecule has 1 heterocycles. The summed E-state index contributed by atoms with van der Waals surface area (Å²) >= 11 is 5.99. The Morgan fingerprint density at radius 2 is 1.50 bits per heavy atom. The summed E-state index contributed by atoms with van der Waals surface area (Å²) in [6.45, 7) is 1.52. The van der Waals surface area contributed by atoms with Gasteiger partial charge in [0.05, 0.1) is 10.6 Å². The van der Waals surface area contributed by atoms with Crippen molar-refractivity contribution in [2.45, 2.75) is 12.8 Å². The first kappa shape index (κ1) is 20.3. The van der Waals surface area contributed by atoms with Gasteiger partial charge in [-0.3, -0.25) is 14.4 Å². The smallest absolute Gasteiger partial charge is 0.255 e. The van der Waals surface area contributed by atoms with Gasteiger partial charge in [0.25, 0.3) is 11.8 Å². The van der Waals surface area contributed by atoms with E-state index in [1.807, 2.05) is 0 Å². The molecule has 4 rings (SSSR count). The van der Waals surface area contributed by atoms with Crippen LogP contribution in [0.1, 0.15) is 33.6 Å². The molecule has 156 valence electrons. The van der Waals surface area contributed by atoms with Crippen LogP contribution in [-0.4, -0.2) is 53.7 Å². The maximum Gasteiger partial charge on any atom is 0.255 e. The summed E-state index contributed by atoms with van der Waals surface area (Å²) in [5.41, 5.74) is 1.46. The number of piperazine rings is 1. The Labute approximate surface area is 178 Å². The van der Waals surface area contributed by atoms with E-state index < -0.39 is 5.82 Å². The number of benzene rings is 2. The van der Waals surface area contributed by atoms with Crippen molar-refractivity contribution in [2.24, 2.45) is 5.92 Å². The van der Waals surface area contributed by atoms with E-state index >= 15 is 0 Å². The maximum atomic E-state index is 13.2. The maximum absolute atomic E-state index is 13.2. The van der Waals surface area contributed by atoms with Crippen LogP contribution in [0, 0.1) is 11.7 Å². The van der Waals surface area contributed by atoms with Crippen LogP contribution < -0.4 is 5.32 Å². The second kappa shape index (κ2) is 8.44. The molecule has 8 heteroatoms. The third-order valence-corrected chi connectivity index (χ3v) is 5.68. The molecule has 0 atom stereocenters. The van der Waals surface area contributed by atoms with Crippen LogP contribution in [0.5, 0.6) is 0 Å². The van der Waals surface area contributed by atoms with E-state index in [1.54, 1.807) is 34.1 Å². The predicted octanol–water partition coefficient (Wildman–Crippen LogP) is 3.43. The number of anilines is 1. The number of halogens is 2. The summed E-state index contributed by atoms with van der Waals surface area (Å²) in [6.07, 6.45) is 1.87. The van der Waals surface area contributed by atoms with Crippen LogP contribution in [0.3, 0.4) is 0 Å². The summed E-state index contributed by atoms with van der Waals surface area (Å²) in [6, 6.07) is 10.5. The quantitative estimate of drug-likeness (QED) is 0.809. The zero-order valence-corrected chi connectivity index (χ0v) is 17.0. The van der Waals surface area contributed by atoms with Gasteiger partial charge in [-0.1, -0.05) is 11.6 Å². The molecule has 1 saturated heterocycles. The highest BCUT2D eigenvalue weighted by atomic mass is 35.5. The zero-order chi connectivity index (χ0) is 21.3. The van der Waals surface area contributed by atoms with E-state index in [0.717, 1.165) is 18.9 Å². The van der Waals surface area contributed by atoms with Gasteiger partial charge in [-0.15, -0.1) is 0 Å². The van der Waals surface area contributed by atoms with Crippen LogP contribution in [0.25, 0.3) is 0 Å². The molecule has 6 nitrogen and oxygen atoms in total. The van der Waals surface area contributed by atoms with Gasteiger partial charge in [-0.05, 0) is 55.3 Å². The third-order valence-electron chi connectivity index (χ3n) is 5.36. The summed E-state index contributed by atoms with van der Waals surface area (Å²) in [5, 5.41) is 2.93. The van der Waals surface area contributed by atoms with Crippen molar-refractivity contribution in [3.63, 3.8) is 0 Å². The Hall–Kier alpha value is -2.93. The van der Waals surface area contributed by atoms with Crippen LogP contribution in [0.15, 0.2) is 42.5 Å². The molecule has 2 aromatic rings. The molecule has 0 spiro atoms. The molecule has 2 fully saturated rings. The van der Waals surface area contributed by atoms with E-state index in [9.17, 15) is 18.8 Å². The van der Waals surface area contributed by atoms with Crippen LogP contribution in [0.4, 0.5) is 10.1 Å². The number of carbonyl (C=O) groups is 3. The van der Waals surface area contributed by atoms with Gasteiger partial charge >= 0.3 is 0 Å². The fourth-order valence-corrected chi connectivity index (χ4v) is 3.66. The summed E-state index contributed by atoms with van der Waals surface area (Å²) < 4.78 is 13.2. The largest absolute Gasteiger partial charge is 0.335 e. The highest BCUT2D eigenvalue weighted by molar-refractivity contribution is 6.33. The van der Waals surface area contributed by atoms with Crippen molar-refractivity contribution in [3.05, 3.63) is 64.4 Å². The number of hydrogen-bond acceptors (Lipinski definition) is 3. The number of nitrogens with zero attached hydrogens (tertiary/aromatic N) is 2. The molecule has 2 aromatic carbocycles. The van der Waals surface area contributed by atoms with Crippen molar-refractivity contribution in [3.8, 4) is 0 Å². The second-order valence-electron chi connectivity index (χ2n) is 7.55. The molecule has 0 aromatic heterocycles. The minimum atomic E-state index is -0.495. The second-order valence-corrected chi connectivity index (χ2v) is 7.96. The van der Waals surface area contributed by atoms with Gasteiger partial charge in [0.1, 0.15) is 5.82 Å². The van der Waals surface area contributed by atoms with Gasteiger partial charge < -0.3 is 15.1 Å². The summed E-state index contributed by atoms with van der Waals surface area (Å²) in [5.74, 6) is -0.749. The van der Waals surface area contributed by atoms with Crippen molar-refractivity contribution in [1.29, 1.82) is 0 Å². The Kier molecular flexibility index (Phi) is 5.72. The number of hydrogen-bond donors (Lipinski definition) is 1. The lowest BCUT2D eigenvalue weighted by molar-refractivity contribution is -0.117. The van der Waals surface area contributed by atoms with Crippen LogP contribution in [0.2, 0.25) is 5.02 Å². The van der Waals surface area contributed by atoms with Crippen molar-refractivity contribution in [1.82, 2.24) is 9.80 Å². The number of carbonyl (C=O) groups excluding carboxylic acids is 3. The zero-order valence-electron chi connectivity index (χ0n) is 16.2. The standard InChI is InChI=1S/C22H21ClFN3O3/c23-19-13-16(24)5-8-18(19)22(30)27-11-9-26(10-12-27)21(29)15-3-6-17(7-4-15)25-20(28)14-1-2-14/h3-8,13-14H,1-2,9-12H2,(H,25,28). The van der Waals surface area contributed by atoms with E-state index in [-0.39, 0.29) is 34.2 Å². The number of nitrogens with one attached hydrogen (secondary N) is 1. The lowest BCUT2D eigenvalue weighted by Gasteiger charge is -2.35. The van der Waals surface area contributed by atoms with E-state index in [0.29, 0.717) is 37.4 Å². The fraction of sp³-hybridized carbons (Fsp3) is 0.318. The average molecular weight is 430 g/mol. The molecule has 1 aliphatic heterocycles. The predicted molar refractivity (Wildman–Crippen MR) is 111 cm³/mol. The third kappa shape index (κ3) is 4.46. The Morgan fingerprint density at radius 1 is 0.900 bits per heavy atom. The Balaban J connectivity index is 1.33. The van der Waals surface area contributed by atoms with Crippen molar-refractivity contribution < 1.29 is 18.8 Å². The molecule has 30 heavy (non-hydrogen) atoms. The van der Waals surface area contributed by atoms with Gasteiger partial charge in [0, 0.05) is 43.3 Å². The molecular weight excluding hydrogens is 409 g/mol. The first-order valence-corrected chi connectivity index (χ1v) is 10.2. The Morgan fingerprint density at radius 3 is 2.07 bits per heavy atom. The minimum absolute atomic E-state index is 0.0242. The van der Waals surface area contributed by atoms with Crippen molar-refractivity contribution >= 4 is 35.0 Å². The SMILES string of the molecule is O=C(Nc1ccc(C(=O)N2CCN(C(=O)c3ccc(F)cc3Cl)CC2)cc1)C1CC1. The normalized spacial score (nSPS) is 16.3. The van der Waals surface area contributed by atoms with Gasteiger partial charge in [-0.2, -0.15) is 0 Å². The highest BCUT2D eigenvalue weighted by Crippen LogP contribution is 2.30. The molecule has 1 saturated carbocycles. The Bertz CT molecular complexity index is 984. The summed E-state index contributed by atoms with van der Waals surface area (Å²) in [7, 11) is 0. The molecular formula is C22H21ClFN3O3.